The Labute approximate surface area is 278 Å². The molecule has 0 saturated carbocycles. The maximum Gasteiger partial charge on any atom is 0.225 e. The number of carbonyl (C=O) groups is 1. The number of rotatable bonds is 11. The topological polar surface area (TPSA) is 104 Å². The summed E-state index contributed by atoms with van der Waals surface area (Å²) in [6.07, 6.45) is 4.85. The maximum atomic E-state index is 15.7. The summed E-state index contributed by atoms with van der Waals surface area (Å²) in [7, 11) is 3.43. The number of nitrogens with one attached hydrogen (secondary N) is 3. The Morgan fingerprint density at radius 2 is 1.76 bits per heavy atom. The minimum Gasteiger partial charge on any atom is -0.481 e. The summed E-state index contributed by atoms with van der Waals surface area (Å²) >= 11 is 13.8. The van der Waals surface area contributed by atoms with Gasteiger partial charge in [0.1, 0.15) is 0 Å². The average molecular weight is 667 g/mol. The number of nitrogens with zero attached hydrogens (tertiary/aromatic N) is 4. The molecule has 0 spiro atoms. The molecule has 46 heavy (non-hydrogen) atoms. The Hall–Kier alpha value is -3.83. The van der Waals surface area contributed by atoms with Crippen molar-refractivity contribution in [2.45, 2.75) is 45.8 Å². The molecule has 4 heterocycles. The van der Waals surface area contributed by atoms with Crippen molar-refractivity contribution in [1.82, 2.24) is 30.5 Å². The number of methoxy groups -OCH3 is 1. The minimum absolute atomic E-state index is 0.0118. The van der Waals surface area contributed by atoms with E-state index in [9.17, 15) is 4.79 Å². The Morgan fingerprint density at radius 1 is 1.00 bits per heavy atom. The number of amides is 1. The van der Waals surface area contributed by atoms with E-state index < -0.39 is 5.82 Å². The number of hydrogen-bond donors (Lipinski definition) is 3. The lowest BCUT2D eigenvalue weighted by molar-refractivity contribution is -0.135. The third-order valence-electron chi connectivity index (χ3n) is 8.02. The molecular formula is C34H38Cl2FN7O2. The third-order valence-corrected chi connectivity index (χ3v) is 8.81. The van der Waals surface area contributed by atoms with Crippen LogP contribution in [0, 0.1) is 11.7 Å². The highest BCUT2D eigenvalue weighted by molar-refractivity contribution is 6.39. The van der Waals surface area contributed by atoms with E-state index in [4.69, 9.17) is 27.9 Å². The number of aromatic nitrogens is 3. The molecule has 5 rings (SSSR count). The molecule has 0 atom stereocenters. The van der Waals surface area contributed by atoms with Gasteiger partial charge in [-0.05, 0) is 44.2 Å². The van der Waals surface area contributed by atoms with E-state index in [2.05, 4.69) is 30.9 Å². The summed E-state index contributed by atoms with van der Waals surface area (Å²) < 4.78 is 21.1. The largest absolute Gasteiger partial charge is 0.481 e. The summed E-state index contributed by atoms with van der Waals surface area (Å²) in [5, 5.41) is 10.3. The number of ether oxygens (including phenoxy) is 1. The van der Waals surface area contributed by atoms with Crippen LogP contribution in [0.5, 0.6) is 5.88 Å². The highest BCUT2D eigenvalue weighted by Gasteiger charge is 2.24. The van der Waals surface area contributed by atoms with Crippen molar-refractivity contribution in [3.8, 4) is 28.4 Å². The molecular weight excluding hydrogens is 628 g/mol. The van der Waals surface area contributed by atoms with Crippen molar-refractivity contribution < 1.29 is 13.9 Å². The molecule has 3 aromatic heterocycles. The van der Waals surface area contributed by atoms with Crippen LogP contribution in [0.1, 0.15) is 37.8 Å². The number of anilines is 2. The van der Waals surface area contributed by atoms with Crippen molar-refractivity contribution in [3.63, 3.8) is 0 Å². The van der Waals surface area contributed by atoms with E-state index in [1.54, 1.807) is 49.8 Å². The van der Waals surface area contributed by atoms with Crippen LogP contribution in [0.4, 0.5) is 15.9 Å². The van der Waals surface area contributed by atoms with Crippen molar-refractivity contribution >= 4 is 40.6 Å². The molecule has 3 N–H and O–H groups in total. The third kappa shape index (κ3) is 7.41. The Kier molecular flexibility index (Phi) is 11.1. The summed E-state index contributed by atoms with van der Waals surface area (Å²) in [5.41, 5.74) is 4.17. The summed E-state index contributed by atoms with van der Waals surface area (Å²) in [6.45, 7) is 6.17. The molecule has 0 unspecified atom stereocenters. The van der Waals surface area contributed by atoms with Crippen LogP contribution in [0.2, 0.25) is 10.0 Å². The van der Waals surface area contributed by atoms with Gasteiger partial charge >= 0.3 is 0 Å². The fourth-order valence-electron chi connectivity index (χ4n) is 5.52. The smallest absolute Gasteiger partial charge is 0.225 e. The first-order valence-corrected chi connectivity index (χ1v) is 16.0. The van der Waals surface area contributed by atoms with E-state index in [1.165, 1.54) is 0 Å². The predicted octanol–water partition coefficient (Wildman–Crippen LogP) is 6.86. The first-order chi connectivity index (χ1) is 22.2. The highest BCUT2D eigenvalue weighted by atomic mass is 35.5. The first kappa shape index (κ1) is 33.5. The zero-order valence-electron chi connectivity index (χ0n) is 26.3. The van der Waals surface area contributed by atoms with Gasteiger partial charge in [0.05, 0.1) is 34.2 Å². The molecule has 0 radical (unpaired) electrons. The molecule has 1 fully saturated rings. The summed E-state index contributed by atoms with van der Waals surface area (Å²) in [6, 6.07) is 12.8. The van der Waals surface area contributed by atoms with Crippen molar-refractivity contribution in [2.75, 3.05) is 32.6 Å². The number of hydrogen-bond acceptors (Lipinski definition) is 8. The zero-order valence-corrected chi connectivity index (χ0v) is 27.8. The van der Waals surface area contributed by atoms with Gasteiger partial charge in [0.2, 0.25) is 11.8 Å². The molecule has 1 aliphatic rings. The monoisotopic (exact) mass is 665 g/mol. The number of likely N-dealkylation sites (tertiary alicyclic amines) is 1. The number of benzene rings is 1. The van der Waals surface area contributed by atoms with Crippen LogP contribution in [0.3, 0.4) is 0 Å². The fraction of sp³-hybridized carbons (Fsp3) is 0.353. The van der Waals surface area contributed by atoms with Crippen LogP contribution in [0.15, 0.2) is 54.9 Å². The van der Waals surface area contributed by atoms with Gasteiger partial charge in [-0.1, -0.05) is 55.2 Å². The zero-order chi connectivity index (χ0) is 32.8. The van der Waals surface area contributed by atoms with Gasteiger partial charge < -0.3 is 25.6 Å². The average Bonchev–Trinajstić information content (AvgIpc) is 3.06. The van der Waals surface area contributed by atoms with Gasteiger partial charge in [-0.3, -0.25) is 9.78 Å². The molecule has 1 aliphatic heterocycles. The molecule has 0 aliphatic carbocycles. The normalized spacial score (nSPS) is 13.7. The predicted molar refractivity (Wildman–Crippen MR) is 181 cm³/mol. The van der Waals surface area contributed by atoms with Gasteiger partial charge in [0, 0.05) is 72.8 Å². The van der Waals surface area contributed by atoms with Crippen LogP contribution in [0.25, 0.3) is 22.5 Å². The lowest BCUT2D eigenvalue weighted by atomic mass is 10.0. The van der Waals surface area contributed by atoms with Gasteiger partial charge in [-0.2, -0.15) is 0 Å². The molecule has 1 saturated heterocycles. The molecule has 1 amide bonds. The van der Waals surface area contributed by atoms with E-state index in [0.717, 1.165) is 18.4 Å². The number of halogens is 3. The van der Waals surface area contributed by atoms with E-state index in [0.29, 0.717) is 75.9 Å². The molecule has 242 valence electrons. The standard InChI is InChI=1S/C34H38Cl2FN7O2/c1-20(2)34(45)44-16-12-23(13-17-44)41-19-21-10-14-40-32(30(21)37)42-27-7-5-6-25(28(27)35)31-29(36)24(11-15-39-31)26-9-8-22(18-38-3)33(43-26)46-4/h5-11,14-15,20,23,38,41H,12-13,16-19H2,1-4H3,(H,40,42). The Bertz CT molecular complexity index is 1700. The molecule has 0 bridgehead atoms. The van der Waals surface area contributed by atoms with Crippen molar-refractivity contribution in [2.24, 2.45) is 5.92 Å². The second-order valence-corrected chi connectivity index (χ2v) is 12.2. The minimum atomic E-state index is -0.469. The van der Waals surface area contributed by atoms with Crippen LogP contribution in [-0.4, -0.2) is 59.0 Å². The molecule has 9 nitrogen and oxygen atoms in total. The SMILES string of the molecule is CNCc1ccc(-c2ccnc(-c3cccc(Nc4nccc(CNC5CCN(C(=O)C(C)C)CC5)c4F)c3Cl)c2Cl)nc1OC. The van der Waals surface area contributed by atoms with E-state index in [-0.39, 0.29) is 23.7 Å². The Morgan fingerprint density at radius 3 is 2.48 bits per heavy atom. The van der Waals surface area contributed by atoms with Gasteiger partial charge in [-0.15, -0.1) is 0 Å². The summed E-state index contributed by atoms with van der Waals surface area (Å²) in [5.74, 6) is 0.254. The molecule has 1 aromatic carbocycles. The first-order valence-electron chi connectivity index (χ1n) is 15.3. The van der Waals surface area contributed by atoms with E-state index in [1.807, 2.05) is 37.9 Å². The number of carbonyl (C=O) groups excluding carboxylic acids is 1. The second-order valence-electron chi connectivity index (χ2n) is 11.5. The summed E-state index contributed by atoms with van der Waals surface area (Å²) in [4.78, 5) is 27.6. The lowest BCUT2D eigenvalue weighted by Gasteiger charge is -2.33. The van der Waals surface area contributed by atoms with Gasteiger partial charge in [0.25, 0.3) is 0 Å². The highest BCUT2D eigenvalue weighted by Crippen LogP contribution is 2.41. The quantitative estimate of drug-likeness (QED) is 0.160. The van der Waals surface area contributed by atoms with Crippen molar-refractivity contribution in [3.05, 3.63) is 81.8 Å². The van der Waals surface area contributed by atoms with Crippen molar-refractivity contribution in [1.29, 1.82) is 0 Å². The van der Waals surface area contributed by atoms with E-state index >= 15 is 4.39 Å². The molecule has 4 aromatic rings. The lowest BCUT2D eigenvalue weighted by Crippen LogP contribution is -2.46. The van der Waals surface area contributed by atoms with Crippen LogP contribution >= 0.6 is 23.2 Å². The molecule has 12 heteroatoms. The van der Waals surface area contributed by atoms with Crippen LogP contribution in [-0.2, 0) is 17.9 Å². The fourth-order valence-corrected chi connectivity index (χ4v) is 6.09. The number of pyridine rings is 3. The van der Waals surface area contributed by atoms with Gasteiger partial charge in [-0.25, -0.2) is 14.4 Å². The second kappa shape index (κ2) is 15.2. The Balaban J connectivity index is 1.32. The van der Waals surface area contributed by atoms with Gasteiger partial charge in [0.15, 0.2) is 11.6 Å². The number of piperidine rings is 1. The maximum absolute atomic E-state index is 15.7. The van der Waals surface area contributed by atoms with Crippen LogP contribution < -0.4 is 20.7 Å².